The number of hydrogen-bond donors (Lipinski definition) is 1. The topological polar surface area (TPSA) is 21.3 Å². The Morgan fingerprint density at radius 1 is 1.10 bits per heavy atom. The molecule has 1 aliphatic rings. The van der Waals surface area contributed by atoms with E-state index in [0.717, 1.165) is 34.2 Å². The Morgan fingerprint density at radius 3 is 2.60 bits per heavy atom. The van der Waals surface area contributed by atoms with Gasteiger partial charge in [0.2, 0.25) is 0 Å². The second kappa shape index (κ2) is 5.86. The van der Waals surface area contributed by atoms with Crippen molar-refractivity contribution in [2.45, 2.75) is 32.4 Å². The lowest BCUT2D eigenvalue weighted by Crippen LogP contribution is -2.16. The SMILES string of the molecule is Cc1ccccc1Oc1cccc(Cl)c1CNC1CC1. The first-order valence-corrected chi connectivity index (χ1v) is 7.36. The first-order chi connectivity index (χ1) is 9.74. The van der Waals surface area contributed by atoms with E-state index in [2.05, 4.69) is 5.32 Å². The molecule has 104 valence electrons. The minimum Gasteiger partial charge on any atom is -0.457 e. The van der Waals surface area contributed by atoms with Crippen molar-refractivity contribution in [3.8, 4) is 11.5 Å². The smallest absolute Gasteiger partial charge is 0.133 e. The fourth-order valence-corrected chi connectivity index (χ4v) is 2.36. The number of aryl methyl sites for hydroxylation is 1. The van der Waals surface area contributed by atoms with Crippen molar-refractivity contribution in [2.24, 2.45) is 0 Å². The van der Waals surface area contributed by atoms with Crippen LogP contribution in [0.25, 0.3) is 0 Å². The molecule has 0 atom stereocenters. The van der Waals surface area contributed by atoms with Gasteiger partial charge in [-0.25, -0.2) is 0 Å². The summed E-state index contributed by atoms with van der Waals surface area (Å²) in [6.45, 7) is 2.80. The Balaban J connectivity index is 1.84. The van der Waals surface area contributed by atoms with Crippen LogP contribution in [-0.2, 0) is 6.54 Å². The van der Waals surface area contributed by atoms with Crippen molar-refractivity contribution in [1.29, 1.82) is 0 Å². The molecule has 2 nitrogen and oxygen atoms in total. The maximum atomic E-state index is 6.32. The van der Waals surface area contributed by atoms with Gasteiger partial charge in [0.05, 0.1) is 0 Å². The molecule has 2 aromatic rings. The number of para-hydroxylation sites is 1. The summed E-state index contributed by atoms with van der Waals surface area (Å²) in [6, 6.07) is 14.5. The Labute approximate surface area is 124 Å². The molecule has 1 saturated carbocycles. The van der Waals surface area contributed by atoms with Gasteiger partial charge in [0.1, 0.15) is 11.5 Å². The fraction of sp³-hybridized carbons (Fsp3) is 0.294. The standard InChI is InChI=1S/C17H18ClNO/c1-12-5-2-3-7-16(12)20-17-8-4-6-15(18)14(17)11-19-13-9-10-13/h2-8,13,19H,9-11H2,1H3. The lowest BCUT2D eigenvalue weighted by molar-refractivity contribution is 0.469. The van der Waals surface area contributed by atoms with E-state index < -0.39 is 0 Å². The van der Waals surface area contributed by atoms with E-state index in [1.54, 1.807) is 0 Å². The normalized spacial score (nSPS) is 14.3. The largest absolute Gasteiger partial charge is 0.457 e. The van der Waals surface area contributed by atoms with Crippen molar-refractivity contribution in [3.05, 3.63) is 58.6 Å². The highest BCUT2D eigenvalue weighted by Gasteiger charge is 2.21. The Bertz CT molecular complexity index is 608. The molecule has 0 saturated heterocycles. The van der Waals surface area contributed by atoms with Crippen LogP contribution in [0.3, 0.4) is 0 Å². The average Bonchev–Trinajstić information content (AvgIpc) is 3.25. The Kier molecular flexibility index (Phi) is 3.95. The lowest BCUT2D eigenvalue weighted by atomic mass is 10.2. The molecule has 0 bridgehead atoms. The van der Waals surface area contributed by atoms with Gasteiger partial charge >= 0.3 is 0 Å². The van der Waals surface area contributed by atoms with Crippen LogP contribution in [-0.4, -0.2) is 6.04 Å². The number of halogens is 1. The highest BCUT2D eigenvalue weighted by Crippen LogP contribution is 2.32. The van der Waals surface area contributed by atoms with Crippen LogP contribution in [0.2, 0.25) is 5.02 Å². The summed E-state index contributed by atoms with van der Waals surface area (Å²) in [6.07, 6.45) is 2.52. The molecule has 0 unspecified atom stereocenters. The number of ether oxygens (including phenoxy) is 1. The molecule has 0 amide bonds. The molecule has 3 heteroatoms. The molecule has 3 rings (SSSR count). The van der Waals surface area contributed by atoms with Crippen molar-refractivity contribution in [1.82, 2.24) is 5.32 Å². The van der Waals surface area contributed by atoms with Gasteiger partial charge < -0.3 is 10.1 Å². The van der Waals surface area contributed by atoms with Gasteiger partial charge in [-0.2, -0.15) is 0 Å². The zero-order valence-electron chi connectivity index (χ0n) is 11.5. The zero-order valence-corrected chi connectivity index (χ0v) is 12.3. The van der Waals surface area contributed by atoms with Crippen LogP contribution in [0.5, 0.6) is 11.5 Å². The number of hydrogen-bond acceptors (Lipinski definition) is 2. The van der Waals surface area contributed by atoms with Crippen LogP contribution in [0.15, 0.2) is 42.5 Å². The van der Waals surface area contributed by atoms with Crippen molar-refractivity contribution in [2.75, 3.05) is 0 Å². The van der Waals surface area contributed by atoms with E-state index in [-0.39, 0.29) is 0 Å². The van der Waals surface area contributed by atoms with Crippen molar-refractivity contribution in [3.63, 3.8) is 0 Å². The van der Waals surface area contributed by atoms with E-state index >= 15 is 0 Å². The summed E-state index contributed by atoms with van der Waals surface area (Å²) < 4.78 is 6.05. The maximum absolute atomic E-state index is 6.32. The maximum Gasteiger partial charge on any atom is 0.133 e. The van der Waals surface area contributed by atoms with Gasteiger partial charge in [0.25, 0.3) is 0 Å². The zero-order chi connectivity index (χ0) is 13.9. The number of benzene rings is 2. The molecule has 2 aromatic carbocycles. The van der Waals surface area contributed by atoms with Crippen LogP contribution in [0.1, 0.15) is 24.0 Å². The first kappa shape index (κ1) is 13.5. The molecule has 0 radical (unpaired) electrons. The van der Waals surface area contributed by atoms with Crippen LogP contribution < -0.4 is 10.1 Å². The van der Waals surface area contributed by atoms with E-state index in [4.69, 9.17) is 16.3 Å². The third-order valence-corrected chi connectivity index (χ3v) is 3.89. The van der Waals surface area contributed by atoms with E-state index in [0.29, 0.717) is 6.04 Å². The van der Waals surface area contributed by atoms with Crippen LogP contribution in [0.4, 0.5) is 0 Å². The first-order valence-electron chi connectivity index (χ1n) is 6.98. The monoisotopic (exact) mass is 287 g/mol. The molecule has 0 spiro atoms. The van der Waals surface area contributed by atoms with Gasteiger partial charge in [0.15, 0.2) is 0 Å². The minimum atomic E-state index is 0.651. The van der Waals surface area contributed by atoms with E-state index in [1.807, 2.05) is 49.4 Å². The molecule has 0 aliphatic heterocycles. The Morgan fingerprint density at radius 2 is 1.85 bits per heavy atom. The predicted molar refractivity (Wildman–Crippen MR) is 82.6 cm³/mol. The molecule has 1 fully saturated rings. The summed E-state index contributed by atoms with van der Waals surface area (Å²) in [5, 5.41) is 4.24. The second-order valence-electron chi connectivity index (χ2n) is 5.24. The van der Waals surface area contributed by atoms with Gasteiger partial charge in [-0.15, -0.1) is 0 Å². The molecule has 20 heavy (non-hydrogen) atoms. The van der Waals surface area contributed by atoms with Crippen LogP contribution in [0, 0.1) is 6.92 Å². The minimum absolute atomic E-state index is 0.651. The second-order valence-corrected chi connectivity index (χ2v) is 5.65. The predicted octanol–water partition coefficient (Wildman–Crippen LogP) is 4.69. The summed E-state index contributed by atoms with van der Waals surface area (Å²) >= 11 is 6.32. The number of rotatable bonds is 5. The molecule has 1 aliphatic carbocycles. The van der Waals surface area contributed by atoms with Gasteiger partial charge in [-0.1, -0.05) is 35.9 Å². The summed E-state index contributed by atoms with van der Waals surface area (Å²) in [5.74, 6) is 1.71. The van der Waals surface area contributed by atoms with Gasteiger partial charge in [0, 0.05) is 23.2 Å². The van der Waals surface area contributed by atoms with E-state index in [9.17, 15) is 0 Å². The van der Waals surface area contributed by atoms with Crippen LogP contribution >= 0.6 is 11.6 Å². The molecule has 1 N–H and O–H groups in total. The third kappa shape index (κ3) is 3.14. The van der Waals surface area contributed by atoms with Gasteiger partial charge in [-0.05, 0) is 43.5 Å². The molecular formula is C17H18ClNO. The van der Waals surface area contributed by atoms with Gasteiger partial charge in [-0.3, -0.25) is 0 Å². The number of nitrogens with one attached hydrogen (secondary N) is 1. The van der Waals surface area contributed by atoms with Crippen molar-refractivity contribution < 1.29 is 4.74 Å². The molecule has 0 heterocycles. The average molecular weight is 288 g/mol. The quantitative estimate of drug-likeness (QED) is 0.861. The summed E-state index contributed by atoms with van der Waals surface area (Å²) in [7, 11) is 0. The third-order valence-electron chi connectivity index (χ3n) is 3.53. The summed E-state index contributed by atoms with van der Waals surface area (Å²) in [4.78, 5) is 0. The highest BCUT2D eigenvalue weighted by molar-refractivity contribution is 6.31. The fourth-order valence-electron chi connectivity index (χ4n) is 2.13. The molecule has 0 aromatic heterocycles. The molecular weight excluding hydrogens is 270 g/mol. The van der Waals surface area contributed by atoms with E-state index in [1.165, 1.54) is 12.8 Å². The summed E-state index contributed by atoms with van der Waals surface area (Å²) in [5.41, 5.74) is 2.15. The van der Waals surface area contributed by atoms with Crippen molar-refractivity contribution >= 4 is 11.6 Å². The lowest BCUT2D eigenvalue weighted by Gasteiger charge is -2.14. The Hall–Kier alpha value is -1.51. The highest BCUT2D eigenvalue weighted by atomic mass is 35.5.